The quantitative estimate of drug-likeness (QED) is 0.156. The number of hydrogen-bond donors (Lipinski definition) is 3. The van der Waals surface area contributed by atoms with Crippen LogP contribution in [-0.4, -0.2) is 95.4 Å². The Balaban J connectivity index is 2.18. The largest absolute Gasteiger partial charge is 0.463 e. The Morgan fingerprint density at radius 1 is 1.11 bits per heavy atom. The highest BCUT2D eigenvalue weighted by molar-refractivity contribution is 5.87. The monoisotopic (exact) mass is 503 g/mol. The predicted octanol–water partition coefficient (Wildman–Crippen LogP) is -1.72. The van der Waals surface area contributed by atoms with Crippen LogP contribution in [0.2, 0.25) is 0 Å². The summed E-state index contributed by atoms with van der Waals surface area (Å²) in [5.41, 5.74) is -0.830. The van der Waals surface area contributed by atoms with E-state index >= 15 is 0 Å². The molecule has 196 valence electrons. The zero-order chi connectivity index (χ0) is 26.0. The number of ether oxygens (including phenoxy) is 6. The summed E-state index contributed by atoms with van der Waals surface area (Å²) >= 11 is 0. The van der Waals surface area contributed by atoms with Crippen LogP contribution in [0.15, 0.2) is 17.1 Å². The fourth-order valence-electron chi connectivity index (χ4n) is 3.01. The molecule has 2 rings (SSSR count). The van der Waals surface area contributed by atoms with E-state index in [2.05, 4.69) is 10.3 Å². The fourth-order valence-corrected chi connectivity index (χ4v) is 3.01. The maximum atomic E-state index is 12.6. The molecule has 0 aliphatic carbocycles. The summed E-state index contributed by atoms with van der Waals surface area (Å²) in [7, 11) is 0. The summed E-state index contributed by atoms with van der Waals surface area (Å²) in [5.74, 6) is -1.47. The average Bonchev–Trinajstić information content (AvgIpc) is 3.08. The van der Waals surface area contributed by atoms with E-state index in [4.69, 9.17) is 28.4 Å². The summed E-state index contributed by atoms with van der Waals surface area (Å²) in [5, 5.41) is 22.6. The first-order valence-electron chi connectivity index (χ1n) is 10.6. The Labute approximate surface area is 199 Å². The lowest BCUT2D eigenvalue weighted by molar-refractivity contribution is -0.321. The van der Waals surface area contributed by atoms with Gasteiger partial charge in [-0.05, 0) is 6.07 Å². The van der Waals surface area contributed by atoms with Crippen LogP contribution in [0.25, 0.3) is 0 Å². The normalized spacial score (nSPS) is 21.7. The molecule has 1 saturated heterocycles. The van der Waals surface area contributed by atoms with Crippen molar-refractivity contribution in [3.8, 4) is 0 Å². The molecule has 1 fully saturated rings. The van der Waals surface area contributed by atoms with Crippen molar-refractivity contribution < 1.29 is 53.0 Å². The first-order chi connectivity index (χ1) is 16.6. The molecule has 1 aromatic rings. The first kappa shape index (κ1) is 28.3. The molecule has 0 bridgehead atoms. The second-order valence-electron chi connectivity index (χ2n) is 7.23. The Morgan fingerprint density at radius 3 is 2.20 bits per heavy atom. The van der Waals surface area contributed by atoms with Crippen LogP contribution in [0.3, 0.4) is 0 Å². The molecule has 1 aliphatic rings. The van der Waals surface area contributed by atoms with Gasteiger partial charge in [-0.25, -0.2) is 4.79 Å². The lowest BCUT2D eigenvalue weighted by Gasteiger charge is -2.27. The van der Waals surface area contributed by atoms with Crippen LogP contribution in [0, 0.1) is 0 Å². The van der Waals surface area contributed by atoms with Gasteiger partial charge in [-0.2, -0.15) is 4.98 Å². The molecule has 0 saturated carbocycles. The number of aliphatic hydroxyl groups is 2. The number of carbonyl (C=O) groups is 3. The van der Waals surface area contributed by atoms with Crippen molar-refractivity contribution in [3.05, 3.63) is 22.7 Å². The van der Waals surface area contributed by atoms with E-state index in [0.29, 0.717) is 0 Å². The molecule has 1 amide bonds. The molecule has 1 aromatic heterocycles. The molecule has 4 atom stereocenters. The smallest absolute Gasteiger partial charge is 0.351 e. The number of aliphatic hydroxyl groups excluding tert-OH is 2. The zero-order valence-corrected chi connectivity index (χ0v) is 19.4. The number of nitrogens with one attached hydrogen (secondary N) is 1. The maximum absolute atomic E-state index is 12.6. The fraction of sp³-hybridized carbons (Fsp3) is 0.650. The van der Waals surface area contributed by atoms with Gasteiger partial charge in [0, 0.05) is 27.0 Å². The molecule has 2 heterocycles. The molecule has 1 aliphatic heterocycles. The molecular formula is C20H29N3O12. The number of hydrogen-bond acceptors (Lipinski definition) is 13. The van der Waals surface area contributed by atoms with E-state index < -0.39 is 61.2 Å². The first-order valence-corrected chi connectivity index (χ1v) is 10.6. The Hall–Kier alpha value is -2.95. The molecule has 0 unspecified atom stereocenters. The SMILES string of the molecule is CC(=O)Nc1ccn([C@@H]2O[C@H](CO)[C@@H](O)[C@H]2OC(OCCOC(C)=O)OCCOC(C)=O)c(=O)n1. The molecule has 3 N–H and O–H groups in total. The number of anilines is 1. The van der Waals surface area contributed by atoms with Crippen LogP contribution in [0.5, 0.6) is 0 Å². The highest BCUT2D eigenvalue weighted by atomic mass is 16.9. The Kier molecular flexibility index (Phi) is 11.2. The van der Waals surface area contributed by atoms with E-state index in [1.54, 1.807) is 0 Å². The second kappa shape index (κ2) is 13.8. The minimum absolute atomic E-state index is 0.00829. The van der Waals surface area contributed by atoms with Gasteiger partial charge in [-0.3, -0.25) is 19.0 Å². The molecule has 0 spiro atoms. The van der Waals surface area contributed by atoms with Crippen LogP contribution in [0.4, 0.5) is 5.82 Å². The third-order valence-electron chi connectivity index (χ3n) is 4.45. The van der Waals surface area contributed by atoms with Gasteiger partial charge < -0.3 is 44.0 Å². The van der Waals surface area contributed by atoms with Crippen LogP contribution in [-0.2, 0) is 42.8 Å². The summed E-state index contributed by atoms with van der Waals surface area (Å²) in [6, 6.07) is 1.34. The van der Waals surface area contributed by atoms with Crippen molar-refractivity contribution >= 4 is 23.7 Å². The van der Waals surface area contributed by atoms with Crippen molar-refractivity contribution in [2.24, 2.45) is 0 Å². The van der Waals surface area contributed by atoms with Crippen molar-refractivity contribution in [2.45, 2.75) is 51.8 Å². The number of esters is 2. The van der Waals surface area contributed by atoms with Gasteiger partial charge in [0.1, 0.15) is 37.3 Å². The van der Waals surface area contributed by atoms with Gasteiger partial charge in [0.05, 0.1) is 19.8 Å². The van der Waals surface area contributed by atoms with Gasteiger partial charge in [0.15, 0.2) is 6.23 Å². The van der Waals surface area contributed by atoms with E-state index in [1.165, 1.54) is 33.0 Å². The number of carbonyl (C=O) groups excluding carboxylic acids is 3. The minimum Gasteiger partial charge on any atom is -0.463 e. The average molecular weight is 503 g/mol. The predicted molar refractivity (Wildman–Crippen MR) is 114 cm³/mol. The van der Waals surface area contributed by atoms with Gasteiger partial charge in [-0.1, -0.05) is 0 Å². The van der Waals surface area contributed by atoms with Gasteiger partial charge in [0.2, 0.25) is 5.91 Å². The lowest BCUT2D eigenvalue weighted by Crippen LogP contribution is -2.42. The summed E-state index contributed by atoms with van der Waals surface area (Å²) in [4.78, 5) is 49.4. The third kappa shape index (κ3) is 8.97. The standard InChI is InChI=1S/C20H29N3O12/c1-11(25)21-15-4-5-23(19(29)22-15)18-17(16(28)14(10-24)34-18)35-20(32-8-6-30-12(2)26)33-9-7-31-13(3)27/h4-5,14,16-18,20,24,28H,6-10H2,1-3H3,(H,21,22,25,29)/t14-,16-,17-,18-/m1/s1. The molecule has 15 heteroatoms. The van der Waals surface area contributed by atoms with E-state index in [1.807, 2.05) is 0 Å². The van der Waals surface area contributed by atoms with Crippen LogP contribution in [0.1, 0.15) is 27.0 Å². The molecule has 0 aromatic carbocycles. The highest BCUT2D eigenvalue weighted by Gasteiger charge is 2.47. The van der Waals surface area contributed by atoms with Crippen molar-refractivity contribution in [1.82, 2.24) is 9.55 Å². The Morgan fingerprint density at radius 2 is 1.71 bits per heavy atom. The maximum Gasteiger partial charge on any atom is 0.351 e. The summed E-state index contributed by atoms with van der Waals surface area (Å²) in [6.07, 6.45) is -3.80. The lowest BCUT2D eigenvalue weighted by atomic mass is 10.1. The molecule has 0 radical (unpaired) electrons. The van der Waals surface area contributed by atoms with E-state index in [0.717, 1.165) is 4.57 Å². The summed E-state index contributed by atoms with van der Waals surface area (Å²) in [6.45, 7) is 1.09. The minimum atomic E-state index is -1.47. The third-order valence-corrected chi connectivity index (χ3v) is 4.45. The summed E-state index contributed by atoms with van der Waals surface area (Å²) < 4.78 is 32.7. The van der Waals surface area contributed by atoms with Crippen molar-refractivity contribution in [3.63, 3.8) is 0 Å². The topological polar surface area (TPSA) is 194 Å². The highest BCUT2D eigenvalue weighted by Crippen LogP contribution is 2.32. The van der Waals surface area contributed by atoms with Gasteiger partial charge in [0.25, 0.3) is 6.48 Å². The number of rotatable bonds is 13. The second-order valence-corrected chi connectivity index (χ2v) is 7.23. The number of aromatic nitrogens is 2. The number of nitrogens with zero attached hydrogens (tertiary/aromatic N) is 2. The molecule has 15 nitrogen and oxygen atoms in total. The Bertz CT molecular complexity index is 901. The van der Waals surface area contributed by atoms with Crippen molar-refractivity contribution in [1.29, 1.82) is 0 Å². The van der Waals surface area contributed by atoms with Crippen LogP contribution < -0.4 is 11.0 Å². The van der Waals surface area contributed by atoms with E-state index in [9.17, 15) is 29.4 Å². The number of amides is 1. The van der Waals surface area contributed by atoms with Crippen LogP contribution >= 0.6 is 0 Å². The zero-order valence-electron chi connectivity index (χ0n) is 19.4. The van der Waals surface area contributed by atoms with E-state index in [-0.39, 0.29) is 32.2 Å². The van der Waals surface area contributed by atoms with Gasteiger partial charge >= 0.3 is 17.6 Å². The molecule has 35 heavy (non-hydrogen) atoms. The van der Waals surface area contributed by atoms with Crippen molar-refractivity contribution in [2.75, 3.05) is 38.4 Å². The van der Waals surface area contributed by atoms with Gasteiger partial charge in [-0.15, -0.1) is 0 Å². The molecular weight excluding hydrogens is 474 g/mol.